The summed E-state index contributed by atoms with van der Waals surface area (Å²) < 4.78 is 0.278. The lowest BCUT2D eigenvalue weighted by atomic mass is 9.88. The lowest BCUT2D eigenvalue weighted by molar-refractivity contribution is -0.118. The van der Waals surface area contributed by atoms with Crippen molar-refractivity contribution < 1.29 is 4.79 Å². The summed E-state index contributed by atoms with van der Waals surface area (Å²) in [7, 11) is 0. The third-order valence-corrected chi connectivity index (χ3v) is 4.59. The molecule has 82 valence electrons. The Morgan fingerprint density at radius 3 is 2.57 bits per heavy atom. The van der Waals surface area contributed by atoms with Crippen LogP contribution in [-0.2, 0) is 4.79 Å². The van der Waals surface area contributed by atoms with Crippen LogP contribution in [0, 0.1) is 0 Å². The number of hydrogen-bond donors (Lipinski definition) is 1. The van der Waals surface area contributed by atoms with Crippen molar-refractivity contribution in [3.8, 4) is 0 Å². The molecule has 1 amide bonds. The molecule has 1 aliphatic rings. The second-order valence-electron chi connectivity index (χ2n) is 3.86. The van der Waals surface area contributed by atoms with Gasteiger partial charge in [0.1, 0.15) is 5.88 Å². The summed E-state index contributed by atoms with van der Waals surface area (Å²) in [4.78, 5) is 11.1. The minimum absolute atomic E-state index is 0.0503. The Labute approximate surface area is 95.2 Å². The molecule has 1 fully saturated rings. The SMILES string of the molecule is CSC1(CNC(=O)CCl)CCCCC1. The first-order chi connectivity index (χ1) is 6.72. The molecule has 0 aromatic rings. The maximum absolute atomic E-state index is 11.1. The zero-order chi connectivity index (χ0) is 10.4. The first-order valence-corrected chi connectivity index (χ1v) is 6.86. The van der Waals surface area contributed by atoms with E-state index in [-0.39, 0.29) is 16.5 Å². The van der Waals surface area contributed by atoms with Crippen molar-refractivity contribution in [2.24, 2.45) is 0 Å². The minimum atomic E-state index is -0.0503. The van der Waals surface area contributed by atoms with Crippen molar-refractivity contribution in [2.75, 3.05) is 18.7 Å². The molecule has 14 heavy (non-hydrogen) atoms. The van der Waals surface area contributed by atoms with E-state index in [0.29, 0.717) is 0 Å². The maximum atomic E-state index is 11.1. The third kappa shape index (κ3) is 3.35. The van der Waals surface area contributed by atoms with Gasteiger partial charge in [-0.25, -0.2) is 0 Å². The summed E-state index contributed by atoms with van der Waals surface area (Å²) in [5.74, 6) is 0.0236. The van der Waals surface area contributed by atoms with E-state index in [1.165, 1.54) is 32.1 Å². The summed E-state index contributed by atoms with van der Waals surface area (Å²) in [6, 6.07) is 0. The average Bonchev–Trinajstić information content (AvgIpc) is 2.27. The van der Waals surface area contributed by atoms with Crippen molar-refractivity contribution in [1.82, 2.24) is 5.32 Å². The van der Waals surface area contributed by atoms with Crippen LogP contribution in [-0.4, -0.2) is 29.3 Å². The van der Waals surface area contributed by atoms with Gasteiger partial charge in [-0.2, -0.15) is 11.8 Å². The van der Waals surface area contributed by atoms with Crippen LogP contribution in [0.5, 0.6) is 0 Å². The summed E-state index contributed by atoms with van der Waals surface area (Å²) in [5, 5.41) is 2.90. The van der Waals surface area contributed by atoms with Crippen LogP contribution in [0.4, 0.5) is 0 Å². The Kier molecular flexibility index (Phi) is 5.10. The minimum Gasteiger partial charge on any atom is -0.354 e. The van der Waals surface area contributed by atoms with Gasteiger partial charge in [-0.1, -0.05) is 19.3 Å². The number of amides is 1. The molecule has 1 saturated carbocycles. The molecule has 0 bridgehead atoms. The van der Waals surface area contributed by atoms with E-state index < -0.39 is 0 Å². The zero-order valence-corrected chi connectivity index (χ0v) is 10.2. The molecule has 1 rings (SSSR count). The number of nitrogens with one attached hydrogen (secondary N) is 1. The monoisotopic (exact) mass is 235 g/mol. The molecule has 0 aromatic heterocycles. The summed E-state index contributed by atoms with van der Waals surface area (Å²) in [6.07, 6.45) is 8.49. The van der Waals surface area contributed by atoms with Gasteiger partial charge < -0.3 is 5.32 Å². The van der Waals surface area contributed by atoms with Crippen molar-refractivity contribution in [1.29, 1.82) is 0 Å². The fraction of sp³-hybridized carbons (Fsp3) is 0.900. The molecule has 1 aliphatic carbocycles. The molecule has 4 heteroatoms. The number of carbonyl (C=O) groups excluding carboxylic acids is 1. The second kappa shape index (κ2) is 5.86. The Morgan fingerprint density at radius 1 is 1.43 bits per heavy atom. The summed E-state index contributed by atoms with van der Waals surface area (Å²) >= 11 is 7.33. The van der Waals surface area contributed by atoms with Crippen LogP contribution in [0.2, 0.25) is 0 Å². The van der Waals surface area contributed by atoms with Gasteiger partial charge in [-0.3, -0.25) is 4.79 Å². The highest BCUT2D eigenvalue weighted by atomic mass is 35.5. The Bertz CT molecular complexity index is 193. The van der Waals surface area contributed by atoms with Gasteiger partial charge in [0.2, 0.25) is 5.91 Å². The molecule has 0 atom stereocenters. The van der Waals surface area contributed by atoms with Crippen LogP contribution >= 0.6 is 23.4 Å². The first kappa shape index (κ1) is 12.2. The molecule has 0 unspecified atom stereocenters. The van der Waals surface area contributed by atoms with Crippen molar-refractivity contribution >= 4 is 29.3 Å². The predicted octanol–water partition coefficient (Wildman–Crippen LogP) is 2.41. The number of halogens is 1. The van der Waals surface area contributed by atoms with Crippen LogP contribution in [0.1, 0.15) is 32.1 Å². The van der Waals surface area contributed by atoms with E-state index in [9.17, 15) is 4.79 Å². The van der Waals surface area contributed by atoms with Gasteiger partial charge in [0, 0.05) is 11.3 Å². The number of alkyl halides is 1. The molecule has 2 nitrogen and oxygen atoms in total. The second-order valence-corrected chi connectivity index (χ2v) is 5.40. The molecule has 0 radical (unpaired) electrons. The smallest absolute Gasteiger partial charge is 0.234 e. The van der Waals surface area contributed by atoms with Gasteiger partial charge in [-0.15, -0.1) is 11.6 Å². The fourth-order valence-electron chi connectivity index (χ4n) is 1.96. The van der Waals surface area contributed by atoms with Crippen molar-refractivity contribution in [3.63, 3.8) is 0 Å². The van der Waals surface area contributed by atoms with Crippen LogP contribution in [0.3, 0.4) is 0 Å². The molecule has 0 aromatic carbocycles. The van der Waals surface area contributed by atoms with E-state index in [4.69, 9.17) is 11.6 Å². The van der Waals surface area contributed by atoms with Gasteiger partial charge >= 0.3 is 0 Å². The maximum Gasteiger partial charge on any atom is 0.234 e. The molecular formula is C10H18ClNOS. The fourth-order valence-corrected chi connectivity index (χ4v) is 2.96. The lowest BCUT2D eigenvalue weighted by Crippen LogP contribution is -2.42. The summed E-state index contributed by atoms with van der Waals surface area (Å²) in [6.45, 7) is 0.778. The standard InChI is InChI=1S/C10H18ClNOS/c1-14-10(5-3-2-4-6-10)8-12-9(13)7-11/h2-8H2,1H3,(H,12,13). The van der Waals surface area contributed by atoms with E-state index in [2.05, 4.69) is 11.6 Å². The summed E-state index contributed by atoms with van der Waals surface area (Å²) in [5.41, 5.74) is 0. The normalized spacial score (nSPS) is 20.4. The van der Waals surface area contributed by atoms with Crippen molar-refractivity contribution in [3.05, 3.63) is 0 Å². The zero-order valence-electron chi connectivity index (χ0n) is 8.64. The Hall–Kier alpha value is 0.110. The largest absolute Gasteiger partial charge is 0.354 e. The number of hydrogen-bond acceptors (Lipinski definition) is 2. The van der Waals surface area contributed by atoms with E-state index >= 15 is 0 Å². The number of carbonyl (C=O) groups is 1. The highest BCUT2D eigenvalue weighted by molar-refractivity contribution is 8.00. The van der Waals surface area contributed by atoms with E-state index in [1.54, 1.807) is 0 Å². The lowest BCUT2D eigenvalue weighted by Gasteiger charge is -2.35. The van der Waals surface area contributed by atoms with E-state index in [0.717, 1.165) is 6.54 Å². The molecule has 0 saturated heterocycles. The van der Waals surface area contributed by atoms with Gasteiger partial charge in [0.15, 0.2) is 0 Å². The highest BCUT2D eigenvalue weighted by Gasteiger charge is 2.31. The van der Waals surface area contributed by atoms with Crippen molar-refractivity contribution in [2.45, 2.75) is 36.9 Å². The molecule has 0 spiro atoms. The number of thioether (sulfide) groups is 1. The van der Waals surface area contributed by atoms with Gasteiger partial charge in [0.25, 0.3) is 0 Å². The quantitative estimate of drug-likeness (QED) is 0.759. The average molecular weight is 236 g/mol. The van der Waals surface area contributed by atoms with E-state index in [1.807, 2.05) is 11.8 Å². The van der Waals surface area contributed by atoms with Crippen LogP contribution < -0.4 is 5.32 Å². The van der Waals surface area contributed by atoms with Crippen LogP contribution in [0.25, 0.3) is 0 Å². The molecule has 0 aliphatic heterocycles. The molecule has 1 N–H and O–H groups in total. The molecule has 0 heterocycles. The van der Waals surface area contributed by atoms with Gasteiger partial charge in [0.05, 0.1) is 0 Å². The van der Waals surface area contributed by atoms with Crippen LogP contribution in [0.15, 0.2) is 0 Å². The molecular weight excluding hydrogens is 218 g/mol. The third-order valence-electron chi connectivity index (χ3n) is 2.93. The topological polar surface area (TPSA) is 29.1 Å². The highest BCUT2D eigenvalue weighted by Crippen LogP contribution is 2.37. The predicted molar refractivity (Wildman–Crippen MR) is 63.1 cm³/mol. The van der Waals surface area contributed by atoms with Gasteiger partial charge in [-0.05, 0) is 19.1 Å². The number of rotatable bonds is 4. The Morgan fingerprint density at radius 2 is 2.07 bits per heavy atom. The first-order valence-electron chi connectivity index (χ1n) is 5.10. The Balaban J connectivity index is 2.39.